The van der Waals surface area contributed by atoms with Gasteiger partial charge in [-0.2, -0.15) is 0 Å². The van der Waals surface area contributed by atoms with E-state index in [0.717, 1.165) is 61.2 Å². The molecule has 9 aromatic carbocycles. The number of hydrogen-bond donors (Lipinski definition) is 0. The van der Waals surface area contributed by atoms with Gasteiger partial charge in [0.2, 0.25) is 5.43 Å². The van der Waals surface area contributed by atoms with Gasteiger partial charge in [-0.3, -0.25) is 4.79 Å². The molecule has 3 aromatic heterocycles. The van der Waals surface area contributed by atoms with E-state index in [9.17, 15) is 4.79 Å². The Balaban J connectivity index is 1.09. The number of rotatable bonds is 6. The van der Waals surface area contributed by atoms with Crippen LogP contribution in [0.25, 0.3) is 91.9 Å². The highest BCUT2D eigenvalue weighted by atomic mass is 32.1. The number of hydrogen-bond acceptors (Lipinski definition) is 4. The highest BCUT2D eigenvalue weighted by molar-refractivity contribution is 7.26. The highest BCUT2D eigenvalue weighted by Gasteiger charge is 2.21. The summed E-state index contributed by atoms with van der Waals surface area (Å²) in [5.41, 5.74) is 11.8. The number of fused-ring (bicyclic) bond motifs is 8. The fourth-order valence-electron chi connectivity index (χ4n) is 9.05. The van der Waals surface area contributed by atoms with Crippen LogP contribution in [0.4, 0.5) is 17.1 Å². The summed E-state index contributed by atoms with van der Waals surface area (Å²) in [4.78, 5) is 16.4. The predicted octanol–water partition coefficient (Wildman–Crippen LogP) is 15.2. The van der Waals surface area contributed by atoms with Gasteiger partial charge < -0.3 is 13.9 Å². The third kappa shape index (κ3) is 5.40. The smallest absolute Gasteiger partial charge is 0.201 e. The van der Waals surface area contributed by atoms with Gasteiger partial charge in [0.05, 0.1) is 32.2 Å². The Labute approximate surface area is 349 Å². The van der Waals surface area contributed by atoms with Crippen molar-refractivity contribution in [2.24, 2.45) is 0 Å². The van der Waals surface area contributed by atoms with E-state index in [1.165, 1.54) is 25.7 Å². The Morgan fingerprint density at radius 3 is 1.98 bits per heavy atom. The minimum absolute atomic E-state index is 0.0278. The molecule has 0 bridgehead atoms. The Kier molecular flexibility index (Phi) is 7.83. The fourth-order valence-corrected chi connectivity index (χ4v) is 10.3. The average molecular weight is 787 g/mol. The van der Waals surface area contributed by atoms with Crippen molar-refractivity contribution in [1.82, 2.24) is 4.57 Å². The van der Waals surface area contributed by atoms with Crippen LogP contribution in [0.1, 0.15) is 0 Å². The summed E-state index contributed by atoms with van der Waals surface area (Å²) >= 11 is 1.84. The van der Waals surface area contributed by atoms with Crippen LogP contribution in [0.15, 0.2) is 215 Å². The van der Waals surface area contributed by atoms with Gasteiger partial charge in [-0.1, -0.05) is 121 Å². The van der Waals surface area contributed by atoms with Gasteiger partial charge in [0.1, 0.15) is 11.2 Å². The average Bonchev–Trinajstić information content (AvgIpc) is 3.85. The lowest BCUT2D eigenvalue weighted by Gasteiger charge is -2.26. The van der Waals surface area contributed by atoms with Crippen molar-refractivity contribution in [2.75, 3.05) is 4.90 Å². The van der Waals surface area contributed by atoms with E-state index in [-0.39, 0.29) is 5.43 Å². The summed E-state index contributed by atoms with van der Waals surface area (Å²) in [7, 11) is 0. The van der Waals surface area contributed by atoms with Crippen LogP contribution in [0.2, 0.25) is 0 Å². The van der Waals surface area contributed by atoms with Gasteiger partial charge in [-0.15, -0.1) is 11.3 Å². The molecule has 282 valence electrons. The number of anilines is 3. The van der Waals surface area contributed by atoms with Crippen molar-refractivity contribution in [2.45, 2.75) is 0 Å². The van der Waals surface area contributed by atoms with E-state index in [1.807, 2.05) is 53.8 Å². The fraction of sp³-hybridized carbons (Fsp3) is 0. The normalized spacial score (nSPS) is 11.7. The minimum Gasteiger partial charge on any atom is -0.456 e. The molecule has 5 heteroatoms. The lowest BCUT2D eigenvalue weighted by atomic mass is 9.99. The van der Waals surface area contributed by atoms with Crippen molar-refractivity contribution >= 4 is 92.3 Å². The molecule has 0 radical (unpaired) electrons. The zero-order chi connectivity index (χ0) is 39.7. The number of aromatic nitrogens is 1. The molecule has 0 atom stereocenters. The Morgan fingerprint density at radius 1 is 0.450 bits per heavy atom. The molecule has 0 unspecified atom stereocenters. The number of para-hydroxylation sites is 2. The Hall–Kier alpha value is -7.73. The molecule has 0 aliphatic rings. The lowest BCUT2D eigenvalue weighted by molar-refractivity contribution is 0.660. The van der Waals surface area contributed by atoms with Gasteiger partial charge in [0.25, 0.3) is 0 Å². The van der Waals surface area contributed by atoms with E-state index in [1.54, 1.807) is 0 Å². The summed E-state index contributed by atoms with van der Waals surface area (Å²) < 4.78 is 11.2. The molecule has 0 N–H and O–H groups in total. The van der Waals surface area contributed by atoms with Gasteiger partial charge in [-0.25, -0.2) is 0 Å². The summed E-state index contributed by atoms with van der Waals surface area (Å²) in [5.74, 6) is 0. The van der Waals surface area contributed by atoms with Crippen molar-refractivity contribution in [3.05, 3.63) is 216 Å². The molecule has 0 amide bonds. The van der Waals surface area contributed by atoms with Gasteiger partial charge in [0, 0.05) is 43.3 Å². The second-order valence-electron chi connectivity index (χ2n) is 15.2. The molecule has 12 aromatic rings. The molecule has 4 nitrogen and oxygen atoms in total. The van der Waals surface area contributed by atoms with E-state index in [0.29, 0.717) is 21.9 Å². The third-order valence-corrected chi connectivity index (χ3v) is 13.0. The first-order chi connectivity index (χ1) is 29.7. The summed E-state index contributed by atoms with van der Waals surface area (Å²) in [6.07, 6.45) is 0. The number of benzene rings is 9. The van der Waals surface area contributed by atoms with E-state index < -0.39 is 0 Å². The van der Waals surface area contributed by atoms with Gasteiger partial charge >= 0.3 is 0 Å². The lowest BCUT2D eigenvalue weighted by Crippen LogP contribution is -2.10. The maximum atomic E-state index is 14.0. The second-order valence-corrected chi connectivity index (χ2v) is 16.3. The topological polar surface area (TPSA) is 38.4 Å². The molecular formula is C55H34N2O2S. The number of thiophene rings is 1. The zero-order valence-corrected chi connectivity index (χ0v) is 33.1. The van der Waals surface area contributed by atoms with E-state index in [4.69, 9.17) is 4.42 Å². The molecule has 0 fully saturated rings. The van der Waals surface area contributed by atoms with Crippen molar-refractivity contribution in [3.63, 3.8) is 0 Å². The Bertz CT molecular complexity index is 3700. The van der Waals surface area contributed by atoms with E-state index >= 15 is 0 Å². The standard InChI is InChI=1S/C55H34N2O2S/c58-54-44-21-7-9-25-50(44)59-51-26-13-22-41(53(51)54)37-16-11-19-39(32-37)57-47-30-28-36(35-14-3-1-4-15-35)33-45(47)46-34-40(29-31-48(46)57)56(38-17-5-2-6-18-38)49-24-12-23-43-42-20-8-10-27-52(42)60-55(43)49/h1-34H. The quantitative estimate of drug-likeness (QED) is 0.158. The van der Waals surface area contributed by atoms with Crippen LogP contribution in [0.5, 0.6) is 0 Å². The molecular weight excluding hydrogens is 753 g/mol. The van der Waals surface area contributed by atoms with Crippen LogP contribution in [-0.4, -0.2) is 4.57 Å². The molecule has 0 saturated carbocycles. The van der Waals surface area contributed by atoms with Crippen LogP contribution in [-0.2, 0) is 0 Å². The zero-order valence-electron chi connectivity index (χ0n) is 32.2. The molecule has 12 rings (SSSR count). The first kappa shape index (κ1) is 34.3. The molecule has 60 heavy (non-hydrogen) atoms. The van der Waals surface area contributed by atoms with Gasteiger partial charge in [-0.05, 0) is 107 Å². The van der Waals surface area contributed by atoms with Crippen molar-refractivity contribution < 1.29 is 4.42 Å². The molecule has 0 spiro atoms. The minimum atomic E-state index is -0.0278. The van der Waals surface area contributed by atoms with Crippen LogP contribution >= 0.6 is 11.3 Å². The Morgan fingerprint density at radius 2 is 1.12 bits per heavy atom. The van der Waals surface area contributed by atoms with Gasteiger partial charge in [0.15, 0.2) is 0 Å². The van der Waals surface area contributed by atoms with Crippen LogP contribution in [0.3, 0.4) is 0 Å². The second kappa shape index (κ2) is 13.7. The largest absolute Gasteiger partial charge is 0.456 e. The summed E-state index contributed by atoms with van der Waals surface area (Å²) in [6.45, 7) is 0. The maximum absolute atomic E-state index is 14.0. The van der Waals surface area contributed by atoms with E-state index in [2.05, 4.69) is 173 Å². The predicted molar refractivity (Wildman–Crippen MR) is 253 cm³/mol. The third-order valence-electron chi connectivity index (χ3n) is 11.8. The molecule has 0 saturated heterocycles. The van der Waals surface area contributed by atoms with Crippen LogP contribution < -0.4 is 10.3 Å². The van der Waals surface area contributed by atoms with Crippen molar-refractivity contribution in [1.29, 1.82) is 0 Å². The first-order valence-electron chi connectivity index (χ1n) is 20.1. The number of nitrogens with zero attached hydrogens (tertiary/aromatic N) is 2. The summed E-state index contributed by atoms with van der Waals surface area (Å²) in [5, 5.41) is 6.00. The maximum Gasteiger partial charge on any atom is 0.201 e. The molecule has 0 aliphatic carbocycles. The molecule has 0 aliphatic heterocycles. The molecule has 3 heterocycles. The highest BCUT2D eigenvalue weighted by Crippen LogP contribution is 2.46. The summed E-state index contributed by atoms with van der Waals surface area (Å²) in [6, 6.07) is 72.1. The van der Waals surface area contributed by atoms with Crippen molar-refractivity contribution in [3.8, 4) is 27.9 Å². The monoisotopic (exact) mass is 786 g/mol. The SMILES string of the molecule is O=c1c2ccccc2oc2cccc(-c3cccc(-n4c5ccc(-c6ccccc6)cc5c5cc(N(c6ccccc6)c6cccc7c6sc6ccccc67)ccc54)c3)c12. The van der Waals surface area contributed by atoms with Crippen LogP contribution in [0, 0.1) is 0 Å². The first-order valence-corrected chi connectivity index (χ1v) is 20.9.